The van der Waals surface area contributed by atoms with Crippen LogP contribution >= 0.6 is 0 Å². The maximum atomic E-state index is 12.1. The Labute approximate surface area is 108 Å². The quantitative estimate of drug-likeness (QED) is 0.684. The molecule has 1 unspecified atom stereocenters. The fourth-order valence-electron chi connectivity index (χ4n) is 2.08. The highest BCUT2D eigenvalue weighted by atomic mass is 16.4. The molecule has 0 heterocycles. The van der Waals surface area contributed by atoms with Crippen LogP contribution in [0.1, 0.15) is 46.0 Å². The van der Waals surface area contributed by atoms with Crippen molar-refractivity contribution in [2.24, 2.45) is 11.7 Å². The Kier molecular flexibility index (Phi) is 5.59. The zero-order chi connectivity index (χ0) is 13.7. The van der Waals surface area contributed by atoms with E-state index in [0.717, 1.165) is 12.8 Å². The fourth-order valence-corrected chi connectivity index (χ4v) is 2.08. The summed E-state index contributed by atoms with van der Waals surface area (Å²) in [5.41, 5.74) is 5.95. The number of nitrogens with two attached hydrogens (primary N) is 1. The van der Waals surface area contributed by atoms with Crippen LogP contribution in [0.4, 0.5) is 0 Å². The number of hydrogen-bond donors (Lipinski definition) is 2. The maximum Gasteiger partial charge on any atom is 0.303 e. The Morgan fingerprint density at radius 1 is 1.39 bits per heavy atom. The predicted octanol–water partition coefficient (Wildman–Crippen LogP) is 1.22. The van der Waals surface area contributed by atoms with Crippen molar-refractivity contribution in [2.45, 2.75) is 58.0 Å². The monoisotopic (exact) mass is 256 g/mol. The Balaban J connectivity index is 2.38. The molecule has 1 saturated carbocycles. The highest BCUT2D eigenvalue weighted by molar-refractivity contribution is 5.77. The van der Waals surface area contributed by atoms with Crippen LogP contribution in [0, 0.1) is 5.92 Å². The van der Waals surface area contributed by atoms with Crippen LogP contribution < -0.4 is 5.73 Å². The van der Waals surface area contributed by atoms with E-state index in [9.17, 15) is 9.59 Å². The van der Waals surface area contributed by atoms with Crippen molar-refractivity contribution >= 4 is 11.9 Å². The first kappa shape index (κ1) is 15.0. The summed E-state index contributed by atoms with van der Waals surface area (Å²) in [5.74, 6) is -0.252. The summed E-state index contributed by atoms with van der Waals surface area (Å²) in [7, 11) is 0. The van der Waals surface area contributed by atoms with Crippen LogP contribution in [0.5, 0.6) is 0 Å². The molecular weight excluding hydrogens is 232 g/mol. The summed E-state index contributed by atoms with van der Waals surface area (Å²) in [5, 5.41) is 8.61. The third-order valence-corrected chi connectivity index (χ3v) is 3.37. The van der Waals surface area contributed by atoms with Gasteiger partial charge in [0, 0.05) is 31.5 Å². The summed E-state index contributed by atoms with van der Waals surface area (Å²) in [6.07, 6.45) is 3.25. The number of carbonyl (C=O) groups is 2. The molecule has 0 aromatic carbocycles. The van der Waals surface area contributed by atoms with Gasteiger partial charge in [-0.15, -0.1) is 0 Å². The molecule has 1 rings (SSSR count). The van der Waals surface area contributed by atoms with Crippen molar-refractivity contribution < 1.29 is 14.7 Å². The third-order valence-electron chi connectivity index (χ3n) is 3.37. The Morgan fingerprint density at radius 3 is 2.44 bits per heavy atom. The summed E-state index contributed by atoms with van der Waals surface area (Å²) in [4.78, 5) is 24.3. The minimum atomic E-state index is -0.819. The highest BCUT2D eigenvalue weighted by Crippen LogP contribution is 2.33. The smallest absolute Gasteiger partial charge is 0.303 e. The van der Waals surface area contributed by atoms with Crippen molar-refractivity contribution in [3.8, 4) is 0 Å². The van der Waals surface area contributed by atoms with Gasteiger partial charge in [0.25, 0.3) is 0 Å². The molecule has 104 valence electrons. The molecule has 0 saturated heterocycles. The Bertz CT molecular complexity index is 301. The molecule has 0 aromatic rings. The number of nitrogens with zero attached hydrogens (tertiary/aromatic N) is 1. The minimum absolute atomic E-state index is 0.0294. The van der Waals surface area contributed by atoms with Gasteiger partial charge in [0.1, 0.15) is 0 Å². The first-order valence-corrected chi connectivity index (χ1v) is 6.68. The zero-order valence-corrected chi connectivity index (χ0v) is 11.3. The molecule has 1 amide bonds. The Morgan fingerprint density at radius 2 is 2.00 bits per heavy atom. The Hall–Kier alpha value is -1.10. The van der Waals surface area contributed by atoms with Crippen molar-refractivity contribution in [1.82, 2.24) is 4.90 Å². The van der Waals surface area contributed by atoms with Gasteiger partial charge in [-0.2, -0.15) is 0 Å². The number of aliphatic carboxylic acids is 1. The summed E-state index contributed by atoms with van der Waals surface area (Å²) < 4.78 is 0. The zero-order valence-electron chi connectivity index (χ0n) is 11.3. The number of amides is 1. The maximum absolute atomic E-state index is 12.1. The van der Waals surface area contributed by atoms with E-state index < -0.39 is 5.97 Å². The first-order chi connectivity index (χ1) is 8.41. The van der Waals surface area contributed by atoms with E-state index in [1.165, 1.54) is 0 Å². The van der Waals surface area contributed by atoms with Gasteiger partial charge in [-0.3, -0.25) is 9.59 Å². The second-order valence-electron chi connectivity index (χ2n) is 5.38. The number of carboxylic acids is 1. The van der Waals surface area contributed by atoms with Gasteiger partial charge in [-0.25, -0.2) is 0 Å². The lowest BCUT2D eigenvalue weighted by atomic mass is 10.1. The largest absolute Gasteiger partial charge is 0.481 e. The SMILES string of the molecule is CC(C)N(CCCC(=O)O)C(=O)CC(N)C1CC1. The van der Waals surface area contributed by atoms with Crippen molar-refractivity contribution in [3.05, 3.63) is 0 Å². The summed E-state index contributed by atoms with van der Waals surface area (Å²) in [6, 6.07) is 0.0657. The van der Waals surface area contributed by atoms with Crippen LogP contribution in [0.25, 0.3) is 0 Å². The molecule has 5 heteroatoms. The molecule has 18 heavy (non-hydrogen) atoms. The van der Waals surface area contributed by atoms with Crippen molar-refractivity contribution in [2.75, 3.05) is 6.54 Å². The molecule has 0 spiro atoms. The van der Waals surface area contributed by atoms with E-state index in [-0.39, 0.29) is 24.4 Å². The number of carboxylic acid groups (broad SMARTS) is 1. The standard InChI is InChI=1S/C13H24N2O3/c1-9(2)15(7-3-4-13(17)18)12(16)8-11(14)10-5-6-10/h9-11H,3-8,14H2,1-2H3,(H,17,18). The summed E-state index contributed by atoms with van der Waals surface area (Å²) >= 11 is 0. The molecule has 1 atom stereocenters. The van der Waals surface area contributed by atoms with Gasteiger partial charge < -0.3 is 15.7 Å². The first-order valence-electron chi connectivity index (χ1n) is 6.68. The topological polar surface area (TPSA) is 83.6 Å². The number of carbonyl (C=O) groups excluding carboxylic acids is 1. The minimum Gasteiger partial charge on any atom is -0.481 e. The van der Waals surface area contributed by atoms with Gasteiger partial charge in [0.15, 0.2) is 0 Å². The third kappa shape index (κ3) is 5.04. The van der Waals surface area contributed by atoms with Crippen LogP contribution in [0.3, 0.4) is 0 Å². The van der Waals surface area contributed by atoms with Gasteiger partial charge in [0.05, 0.1) is 0 Å². The molecule has 1 aliphatic rings. The van der Waals surface area contributed by atoms with E-state index >= 15 is 0 Å². The molecule has 0 aliphatic heterocycles. The van der Waals surface area contributed by atoms with Crippen molar-refractivity contribution in [3.63, 3.8) is 0 Å². The van der Waals surface area contributed by atoms with Crippen LogP contribution in [-0.4, -0.2) is 40.5 Å². The van der Waals surface area contributed by atoms with Crippen LogP contribution in [0.15, 0.2) is 0 Å². The molecule has 3 N–H and O–H groups in total. The molecule has 1 aliphatic carbocycles. The lowest BCUT2D eigenvalue weighted by Crippen LogP contribution is -2.41. The van der Waals surface area contributed by atoms with Crippen molar-refractivity contribution in [1.29, 1.82) is 0 Å². The van der Waals surface area contributed by atoms with Gasteiger partial charge in [0.2, 0.25) is 5.91 Å². The molecule has 1 fully saturated rings. The molecule has 0 radical (unpaired) electrons. The molecular formula is C13H24N2O3. The highest BCUT2D eigenvalue weighted by Gasteiger charge is 2.31. The van der Waals surface area contributed by atoms with Crippen LogP contribution in [0.2, 0.25) is 0 Å². The predicted molar refractivity (Wildman–Crippen MR) is 69.0 cm³/mol. The molecule has 0 aromatic heterocycles. The van der Waals surface area contributed by atoms with E-state index in [1.807, 2.05) is 13.8 Å². The second-order valence-corrected chi connectivity index (χ2v) is 5.38. The van der Waals surface area contributed by atoms with E-state index in [2.05, 4.69) is 0 Å². The fraction of sp³-hybridized carbons (Fsp3) is 0.846. The average Bonchev–Trinajstić information content (AvgIpc) is 3.06. The van der Waals surface area contributed by atoms with E-state index in [1.54, 1.807) is 4.90 Å². The van der Waals surface area contributed by atoms with E-state index in [4.69, 9.17) is 10.8 Å². The summed E-state index contributed by atoms with van der Waals surface area (Å²) in [6.45, 7) is 4.39. The van der Waals surface area contributed by atoms with Gasteiger partial charge in [-0.05, 0) is 39.0 Å². The lowest BCUT2D eigenvalue weighted by molar-refractivity contribution is -0.138. The van der Waals surface area contributed by atoms with Crippen LogP contribution in [-0.2, 0) is 9.59 Å². The molecule has 0 bridgehead atoms. The second kappa shape index (κ2) is 6.73. The number of hydrogen-bond acceptors (Lipinski definition) is 3. The normalized spacial score (nSPS) is 16.7. The van der Waals surface area contributed by atoms with E-state index in [0.29, 0.717) is 25.3 Å². The lowest BCUT2D eigenvalue weighted by Gasteiger charge is -2.28. The number of rotatable bonds is 8. The molecule has 5 nitrogen and oxygen atoms in total. The van der Waals surface area contributed by atoms with Gasteiger partial charge >= 0.3 is 5.97 Å². The van der Waals surface area contributed by atoms with Gasteiger partial charge in [-0.1, -0.05) is 0 Å². The average molecular weight is 256 g/mol.